The molecule has 4 aliphatic heterocycles. The van der Waals surface area contributed by atoms with E-state index in [0.29, 0.717) is 0 Å². The third-order valence-corrected chi connectivity index (χ3v) is 20.9. The van der Waals surface area contributed by atoms with Crippen LogP contribution in [0, 0.1) is 0 Å². The van der Waals surface area contributed by atoms with Gasteiger partial charge in [0.05, 0.1) is 16.8 Å². The summed E-state index contributed by atoms with van der Waals surface area (Å²) in [5.41, 5.74) is 25.6. The molecule has 4 heterocycles. The molecule has 0 amide bonds. The lowest BCUT2D eigenvalue weighted by Gasteiger charge is -2.54. The fourth-order valence-corrected chi connectivity index (χ4v) is 16.3. The van der Waals surface area contributed by atoms with Crippen molar-refractivity contribution < 1.29 is 0 Å². The highest BCUT2D eigenvalue weighted by Crippen LogP contribution is 2.67. The summed E-state index contributed by atoms with van der Waals surface area (Å²) < 4.78 is 0. The monoisotopic (exact) mass is 1010 g/mol. The highest BCUT2D eigenvalue weighted by molar-refractivity contribution is 7.00. The minimum atomic E-state index is -0.240. The van der Waals surface area contributed by atoms with E-state index in [0.717, 1.165) is 19.3 Å². The second-order valence-electron chi connectivity index (χ2n) is 29.5. The van der Waals surface area contributed by atoms with Gasteiger partial charge in [-0.25, -0.2) is 0 Å². The van der Waals surface area contributed by atoms with Crippen LogP contribution in [0.25, 0.3) is 11.1 Å². The highest BCUT2D eigenvalue weighted by Gasteiger charge is 2.65. The van der Waals surface area contributed by atoms with E-state index in [2.05, 4.69) is 258 Å². The second-order valence-corrected chi connectivity index (χ2v) is 29.5. The Balaban J connectivity index is 1.21. The average molecular weight is 1010 g/mol. The predicted octanol–water partition coefficient (Wildman–Crippen LogP) is 17.7. The molecule has 13 rings (SSSR count). The van der Waals surface area contributed by atoms with Gasteiger partial charge in [-0.3, -0.25) is 0 Å². The molecule has 4 unspecified atom stereocenters. The molecule has 0 saturated heterocycles. The molecule has 7 aromatic rings. The Morgan fingerprint density at radius 1 is 0.416 bits per heavy atom. The van der Waals surface area contributed by atoms with Gasteiger partial charge in [-0.2, -0.15) is 0 Å². The zero-order valence-electron chi connectivity index (χ0n) is 49.4. The molecule has 2 saturated carbocycles. The minimum Gasteiger partial charge on any atom is -0.335 e. The Morgan fingerprint density at radius 3 is 1.62 bits per heavy atom. The molecule has 0 radical (unpaired) electrons. The Bertz CT molecular complexity index is 3540. The van der Waals surface area contributed by atoms with Crippen LogP contribution in [-0.4, -0.2) is 17.8 Å². The molecule has 7 aromatic carbocycles. The van der Waals surface area contributed by atoms with Crippen molar-refractivity contribution in [2.24, 2.45) is 0 Å². The van der Waals surface area contributed by atoms with Gasteiger partial charge in [0.25, 0.3) is 6.71 Å². The zero-order valence-corrected chi connectivity index (χ0v) is 49.4. The van der Waals surface area contributed by atoms with Gasteiger partial charge in [-0.15, -0.1) is 0 Å². The maximum atomic E-state index is 2.99. The average Bonchev–Trinajstić information content (AvgIpc) is 2.88. The van der Waals surface area contributed by atoms with E-state index in [-0.39, 0.29) is 50.3 Å². The van der Waals surface area contributed by atoms with Gasteiger partial charge >= 0.3 is 0 Å². The van der Waals surface area contributed by atoms with Crippen molar-refractivity contribution in [3.05, 3.63) is 178 Å². The molecule has 4 atom stereocenters. The lowest BCUT2D eigenvalue weighted by molar-refractivity contribution is 0.194. The summed E-state index contributed by atoms with van der Waals surface area (Å²) in [7, 11) is 0. The fraction of sp³-hybridized carbons (Fsp3) is 0.425. The fourth-order valence-electron chi connectivity index (χ4n) is 16.3. The van der Waals surface area contributed by atoms with Crippen LogP contribution < -0.4 is 31.1 Å². The van der Waals surface area contributed by atoms with Crippen LogP contribution >= 0.6 is 0 Å². The van der Waals surface area contributed by atoms with Crippen molar-refractivity contribution in [3.8, 4) is 11.1 Å². The van der Waals surface area contributed by atoms with E-state index >= 15 is 0 Å². The van der Waals surface area contributed by atoms with Crippen LogP contribution in [0.2, 0.25) is 0 Å². The summed E-state index contributed by atoms with van der Waals surface area (Å²) in [6.45, 7) is 36.7. The number of rotatable bonds is 4. The highest BCUT2D eigenvalue weighted by atomic mass is 15.3. The maximum absolute atomic E-state index is 2.99. The first-order valence-electron chi connectivity index (χ1n) is 29.6. The predicted molar refractivity (Wildman–Crippen MR) is 331 cm³/mol. The molecule has 0 aromatic heterocycles. The van der Waals surface area contributed by atoms with E-state index < -0.39 is 0 Å². The largest absolute Gasteiger partial charge is 0.335 e. The van der Waals surface area contributed by atoms with E-state index in [1.165, 1.54) is 133 Å². The van der Waals surface area contributed by atoms with E-state index in [9.17, 15) is 0 Å². The molecule has 77 heavy (non-hydrogen) atoms. The van der Waals surface area contributed by atoms with Gasteiger partial charge < -0.3 is 14.7 Å². The molecule has 0 bridgehead atoms. The molecule has 2 aliphatic carbocycles. The summed E-state index contributed by atoms with van der Waals surface area (Å²) in [5.74, 6) is 0. The van der Waals surface area contributed by atoms with E-state index in [1.54, 1.807) is 5.56 Å². The first-order chi connectivity index (χ1) is 36.3. The summed E-state index contributed by atoms with van der Waals surface area (Å²) in [6, 6.07) is 56.6. The van der Waals surface area contributed by atoms with Crippen molar-refractivity contribution in [1.82, 2.24) is 0 Å². The van der Waals surface area contributed by atoms with Crippen LogP contribution in [0.3, 0.4) is 0 Å². The number of fused-ring (bicyclic) bond motifs is 10. The van der Waals surface area contributed by atoms with Gasteiger partial charge in [-0.1, -0.05) is 219 Å². The standard InChI is InChI=1S/C73H84BN3/c1-66(2,3)49-31-34-59(54(40-49)47-26-18-16-19-27-47)75-61-44-51(68(7,8)9)30-33-57(61)74-58-43-52(69(10,11)12)42-56-65(58)77(72(15)38-24-25-39-73(56,72)48-28-20-17-21-29-48)63-46-53(45-62(75)64(63)74)76-60-35-32-50(67(4,5)6)41-55(60)70(13)36-22-23-37-71(70,76)14/h16-21,26-35,40-46H,22-25,36-39H2,1-15H3. The number of hydrogen-bond donors (Lipinski definition) is 0. The number of anilines is 7. The Labute approximate surface area is 463 Å². The first kappa shape index (κ1) is 50.5. The minimum absolute atomic E-state index is 0.0166. The summed E-state index contributed by atoms with van der Waals surface area (Å²) >= 11 is 0. The van der Waals surface area contributed by atoms with Crippen LogP contribution in [-0.2, 0) is 32.5 Å². The lowest BCUT2D eigenvalue weighted by atomic mass is 9.33. The molecular weight excluding hydrogens is 930 g/mol. The lowest BCUT2D eigenvalue weighted by Crippen LogP contribution is -2.65. The topological polar surface area (TPSA) is 9.72 Å². The van der Waals surface area contributed by atoms with Crippen LogP contribution in [0.1, 0.15) is 194 Å². The Hall–Kier alpha value is -6.00. The van der Waals surface area contributed by atoms with Crippen molar-refractivity contribution in [2.75, 3.05) is 14.7 Å². The third kappa shape index (κ3) is 7.00. The zero-order chi connectivity index (χ0) is 54.2. The first-order valence-corrected chi connectivity index (χ1v) is 29.6. The molecule has 6 aliphatic rings. The van der Waals surface area contributed by atoms with Gasteiger partial charge in [-0.05, 0) is 158 Å². The summed E-state index contributed by atoms with van der Waals surface area (Å²) in [4.78, 5) is 8.65. The van der Waals surface area contributed by atoms with Gasteiger partial charge in [0, 0.05) is 50.5 Å². The molecule has 2 fully saturated rings. The smallest absolute Gasteiger partial charge is 0.252 e. The van der Waals surface area contributed by atoms with E-state index in [1.807, 2.05) is 0 Å². The Morgan fingerprint density at radius 2 is 0.961 bits per heavy atom. The molecular formula is C73H84BN3. The quantitative estimate of drug-likeness (QED) is 0.163. The second kappa shape index (κ2) is 16.5. The summed E-state index contributed by atoms with van der Waals surface area (Å²) in [6.07, 6.45) is 9.48. The Kier molecular flexibility index (Phi) is 10.8. The summed E-state index contributed by atoms with van der Waals surface area (Å²) in [5, 5.41) is 0. The van der Waals surface area contributed by atoms with Crippen LogP contribution in [0.4, 0.5) is 39.8 Å². The maximum Gasteiger partial charge on any atom is 0.252 e. The van der Waals surface area contributed by atoms with Crippen molar-refractivity contribution >= 4 is 62.9 Å². The van der Waals surface area contributed by atoms with Crippen molar-refractivity contribution in [2.45, 2.75) is 199 Å². The molecule has 0 N–H and O–H groups in total. The SMILES string of the molecule is CC(C)(C)c1ccc(N2c3cc(C(C)(C)C)ccc3B3c4cc(C(C)(C)C)cc5c4N(c4cc(N6c7ccc(C(C)(C)C)cc7C7(C)CCCCC67C)cc2c43)C2(C)CCCCC52c2ccccc2)c(-c2ccccc2)c1. The van der Waals surface area contributed by atoms with Gasteiger partial charge in [0.1, 0.15) is 0 Å². The van der Waals surface area contributed by atoms with Gasteiger partial charge in [0.15, 0.2) is 0 Å². The van der Waals surface area contributed by atoms with Crippen molar-refractivity contribution in [1.29, 1.82) is 0 Å². The molecule has 3 nitrogen and oxygen atoms in total. The van der Waals surface area contributed by atoms with Crippen molar-refractivity contribution in [3.63, 3.8) is 0 Å². The van der Waals surface area contributed by atoms with Crippen LogP contribution in [0.5, 0.6) is 0 Å². The van der Waals surface area contributed by atoms with Gasteiger partial charge in [0.2, 0.25) is 0 Å². The molecule has 4 heteroatoms. The number of hydrogen-bond acceptors (Lipinski definition) is 3. The number of benzene rings is 7. The number of nitrogens with zero attached hydrogens (tertiary/aromatic N) is 3. The van der Waals surface area contributed by atoms with E-state index in [4.69, 9.17) is 0 Å². The molecule has 0 spiro atoms. The van der Waals surface area contributed by atoms with Crippen LogP contribution in [0.15, 0.2) is 140 Å². The molecule has 394 valence electrons. The third-order valence-electron chi connectivity index (χ3n) is 20.9. The normalized spacial score (nSPS) is 24.2.